The fourth-order valence-corrected chi connectivity index (χ4v) is 3.19. The average molecular weight is 374 g/mol. The SMILES string of the molecule is CCC(CC)(CNC(=O)c1cccc(NC(=O)c2cccs2)c1)C(=O)O. The Morgan fingerprint density at radius 2 is 1.81 bits per heavy atom. The third-order valence-electron chi connectivity index (χ3n) is 4.52. The maximum absolute atomic E-state index is 12.4. The van der Waals surface area contributed by atoms with Gasteiger partial charge in [-0.05, 0) is 42.5 Å². The van der Waals surface area contributed by atoms with Gasteiger partial charge in [-0.3, -0.25) is 14.4 Å². The molecule has 26 heavy (non-hydrogen) atoms. The molecule has 0 saturated carbocycles. The first-order valence-corrected chi connectivity index (χ1v) is 9.26. The highest BCUT2D eigenvalue weighted by atomic mass is 32.1. The summed E-state index contributed by atoms with van der Waals surface area (Å²) in [6.45, 7) is 3.65. The lowest BCUT2D eigenvalue weighted by Crippen LogP contribution is -2.42. The Morgan fingerprint density at radius 1 is 1.08 bits per heavy atom. The summed E-state index contributed by atoms with van der Waals surface area (Å²) in [5.74, 6) is -1.52. The van der Waals surface area contributed by atoms with Crippen LogP contribution in [0.5, 0.6) is 0 Å². The van der Waals surface area contributed by atoms with Crippen LogP contribution in [-0.2, 0) is 4.79 Å². The summed E-state index contributed by atoms with van der Waals surface area (Å²) < 4.78 is 0. The smallest absolute Gasteiger partial charge is 0.311 e. The van der Waals surface area contributed by atoms with Crippen molar-refractivity contribution in [3.8, 4) is 0 Å². The maximum atomic E-state index is 12.4. The average Bonchev–Trinajstić information content (AvgIpc) is 3.17. The Balaban J connectivity index is 2.06. The van der Waals surface area contributed by atoms with Crippen molar-refractivity contribution in [3.63, 3.8) is 0 Å². The highest BCUT2D eigenvalue weighted by Gasteiger charge is 2.35. The van der Waals surface area contributed by atoms with E-state index < -0.39 is 11.4 Å². The van der Waals surface area contributed by atoms with E-state index in [0.29, 0.717) is 29.0 Å². The van der Waals surface area contributed by atoms with Crippen LogP contribution in [0.25, 0.3) is 0 Å². The molecule has 1 heterocycles. The summed E-state index contributed by atoms with van der Waals surface area (Å²) in [5, 5.41) is 16.7. The molecule has 2 aromatic rings. The molecule has 0 radical (unpaired) electrons. The molecule has 7 heteroatoms. The molecule has 0 atom stereocenters. The molecule has 2 rings (SSSR count). The Labute approximate surface area is 156 Å². The van der Waals surface area contributed by atoms with Gasteiger partial charge in [-0.2, -0.15) is 0 Å². The molecule has 138 valence electrons. The van der Waals surface area contributed by atoms with Crippen molar-refractivity contribution >= 4 is 34.8 Å². The first kappa shape index (κ1) is 19.7. The second-order valence-corrected chi connectivity index (χ2v) is 6.94. The zero-order valence-corrected chi connectivity index (χ0v) is 15.6. The number of carboxylic acids is 1. The molecule has 0 spiro atoms. The zero-order chi connectivity index (χ0) is 19.2. The van der Waals surface area contributed by atoms with E-state index in [0.717, 1.165) is 0 Å². The number of thiophene rings is 1. The number of hydrogen-bond acceptors (Lipinski definition) is 4. The van der Waals surface area contributed by atoms with Gasteiger partial charge in [0.2, 0.25) is 0 Å². The summed E-state index contributed by atoms with van der Waals surface area (Å²) in [6, 6.07) is 10.1. The van der Waals surface area contributed by atoms with E-state index in [1.807, 2.05) is 5.38 Å². The quantitative estimate of drug-likeness (QED) is 0.657. The summed E-state index contributed by atoms with van der Waals surface area (Å²) in [5.41, 5.74) is -0.104. The Morgan fingerprint density at radius 3 is 2.38 bits per heavy atom. The van der Waals surface area contributed by atoms with E-state index in [1.165, 1.54) is 11.3 Å². The van der Waals surface area contributed by atoms with Crippen LogP contribution in [0.2, 0.25) is 0 Å². The Kier molecular flexibility index (Phi) is 6.52. The van der Waals surface area contributed by atoms with Crippen molar-refractivity contribution in [2.45, 2.75) is 26.7 Å². The van der Waals surface area contributed by atoms with Crippen molar-refractivity contribution in [3.05, 3.63) is 52.2 Å². The van der Waals surface area contributed by atoms with Crippen molar-refractivity contribution < 1.29 is 19.5 Å². The molecule has 0 aliphatic rings. The van der Waals surface area contributed by atoms with Crippen molar-refractivity contribution in [1.29, 1.82) is 0 Å². The Bertz CT molecular complexity index is 783. The largest absolute Gasteiger partial charge is 0.481 e. The molecular weight excluding hydrogens is 352 g/mol. The van der Waals surface area contributed by atoms with Gasteiger partial charge in [0.1, 0.15) is 0 Å². The monoisotopic (exact) mass is 374 g/mol. The lowest BCUT2D eigenvalue weighted by Gasteiger charge is -2.26. The van der Waals surface area contributed by atoms with Crippen LogP contribution in [0, 0.1) is 5.41 Å². The fraction of sp³-hybridized carbons (Fsp3) is 0.316. The van der Waals surface area contributed by atoms with E-state index in [1.54, 1.807) is 50.2 Å². The van der Waals surface area contributed by atoms with Crippen molar-refractivity contribution in [2.24, 2.45) is 5.41 Å². The fourth-order valence-electron chi connectivity index (χ4n) is 2.57. The first-order chi connectivity index (χ1) is 12.4. The van der Waals surface area contributed by atoms with Crippen LogP contribution >= 0.6 is 11.3 Å². The van der Waals surface area contributed by atoms with Crippen LogP contribution in [0.15, 0.2) is 41.8 Å². The molecule has 1 aromatic heterocycles. The van der Waals surface area contributed by atoms with Gasteiger partial charge in [0, 0.05) is 17.8 Å². The number of carbonyl (C=O) groups excluding carboxylic acids is 2. The van der Waals surface area contributed by atoms with E-state index in [4.69, 9.17) is 0 Å². The molecule has 0 aliphatic carbocycles. The van der Waals surface area contributed by atoms with Gasteiger partial charge in [0.25, 0.3) is 11.8 Å². The molecule has 0 unspecified atom stereocenters. The number of aliphatic carboxylic acids is 1. The van der Waals surface area contributed by atoms with Crippen LogP contribution in [0.3, 0.4) is 0 Å². The van der Waals surface area contributed by atoms with Gasteiger partial charge in [0.15, 0.2) is 0 Å². The molecule has 2 amide bonds. The minimum absolute atomic E-state index is 0.0555. The third kappa shape index (κ3) is 4.49. The van der Waals surface area contributed by atoms with Crippen molar-refractivity contribution in [1.82, 2.24) is 5.32 Å². The van der Waals surface area contributed by atoms with Crippen LogP contribution in [-0.4, -0.2) is 29.4 Å². The summed E-state index contributed by atoms with van der Waals surface area (Å²) in [6.07, 6.45) is 0.853. The molecular formula is C19H22N2O4S. The predicted molar refractivity (Wildman–Crippen MR) is 102 cm³/mol. The first-order valence-electron chi connectivity index (χ1n) is 8.38. The number of anilines is 1. The number of carbonyl (C=O) groups is 3. The second-order valence-electron chi connectivity index (χ2n) is 5.99. The van der Waals surface area contributed by atoms with Gasteiger partial charge in [-0.15, -0.1) is 11.3 Å². The number of hydrogen-bond donors (Lipinski definition) is 3. The number of benzene rings is 1. The third-order valence-corrected chi connectivity index (χ3v) is 5.39. The topological polar surface area (TPSA) is 95.5 Å². The second kappa shape index (κ2) is 8.62. The number of nitrogens with one attached hydrogen (secondary N) is 2. The van der Waals surface area contributed by atoms with Gasteiger partial charge in [-0.25, -0.2) is 0 Å². The normalized spacial score (nSPS) is 11.0. The highest BCUT2D eigenvalue weighted by molar-refractivity contribution is 7.12. The van der Waals surface area contributed by atoms with E-state index in [-0.39, 0.29) is 18.4 Å². The molecule has 0 bridgehead atoms. The number of rotatable bonds is 8. The Hall–Kier alpha value is -2.67. The molecule has 0 aliphatic heterocycles. The number of amides is 2. The minimum atomic E-state index is -0.972. The van der Waals surface area contributed by atoms with Gasteiger partial charge in [-0.1, -0.05) is 26.0 Å². The van der Waals surface area contributed by atoms with E-state index in [9.17, 15) is 19.5 Å². The molecule has 1 aromatic carbocycles. The predicted octanol–water partition coefficient (Wildman–Crippen LogP) is 3.62. The maximum Gasteiger partial charge on any atom is 0.311 e. The van der Waals surface area contributed by atoms with E-state index in [2.05, 4.69) is 10.6 Å². The van der Waals surface area contributed by atoms with Gasteiger partial charge in [0.05, 0.1) is 10.3 Å². The summed E-state index contributed by atoms with van der Waals surface area (Å²) in [7, 11) is 0. The minimum Gasteiger partial charge on any atom is -0.481 e. The lowest BCUT2D eigenvalue weighted by molar-refractivity contribution is -0.149. The molecule has 3 N–H and O–H groups in total. The van der Waals surface area contributed by atoms with Crippen molar-refractivity contribution in [2.75, 3.05) is 11.9 Å². The van der Waals surface area contributed by atoms with Crippen LogP contribution < -0.4 is 10.6 Å². The molecule has 0 saturated heterocycles. The van der Waals surface area contributed by atoms with E-state index >= 15 is 0 Å². The summed E-state index contributed by atoms with van der Waals surface area (Å²) in [4.78, 5) is 36.6. The van der Waals surface area contributed by atoms with Crippen LogP contribution in [0.4, 0.5) is 5.69 Å². The standard InChI is InChI=1S/C19H22N2O4S/c1-3-19(4-2,18(24)25)12-20-16(22)13-7-5-8-14(11-13)21-17(23)15-9-6-10-26-15/h5-11H,3-4,12H2,1-2H3,(H,20,22)(H,21,23)(H,24,25). The van der Waals surface area contributed by atoms with Gasteiger partial charge >= 0.3 is 5.97 Å². The number of carboxylic acid groups (broad SMARTS) is 1. The highest BCUT2D eigenvalue weighted by Crippen LogP contribution is 2.26. The van der Waals surface area contributed by atoms with Crippen LogP contribution in [0.1, 0.15) is 46.7 Å². The zero-order valence-electron chi connectivity index (χ0n) is 14.7. The van der Waals surface area contributed by atoms with Gasteiger partial charge < -0.3 is 15.7 Å². The lowest BCUT2D eigenvalue weighted by atomic mass is 9.82. The molecule has 0 fully saturated rings. The summed E-state index contributed by atoms with van der Waals surface area (Å²) >= 11 is 1.33. The molecule has 6 nitrogen and oxygen atoms in total.